The molecule has 1 aromatic heterocycles. The molecule has 0 unspecified atom stereocenters. The normalized spacial score (nSPS) is 10.1. The number of nitrogens with zero attached hydrogens (tertiary/aromatic N) is 2. The summed E-state index contributed by atoms with van der Waals surface area (Å²) in [5, 5.41) is 11.6. The van der Waals surface area contributed by atoms with Crippen LogP contribution >= 0.6 is 0 Å². The molecule has 0 radical (unpaired) electrons. The van der Waals surface area contributed by atoms with E-state index >= 15 is 0 Å². The fourth-order valence-electron chi connectivity index (χ4n) is 1.50. The van der Waals surface area contributed by atoms with Gasteiger partial charge in [-0.1, -0.05) is 18.2 Å². The Balaban J connectivity index is 2.06. The molecule has 92 valence electrons. The van der Waals surface area contributed by atoms with Crippen LogP contribution in [-0.4, -0.2) is 10.9 Å². The van der Waals surface area contributed by atoms with E-state index in [1.165, 1.54) is 6.08 Å². The molecule has 4 nitrogen and oxygen atoms in total. The van der Waals surface area contributed by atoms with Crippen LogP contribution in [-0.2, 0) is 4.79 Å². The van der Waals surface area contributed by atoms with Crippen molar-refractivity contribution in [2.24, 2.45) is 0 Å². The molecule has 4 heteroatoms. The van der Waals surface area contributed by atoms with Crippen molar-refractivity contribution in [3.63, 3.8) is 0 Å². The van der Waals surface area contributed by atoms with E-state index in [1.807, 2.05) is 12.1 Å². The minimum atomic E-state index is -0.298. The summed E-state index contributed by atoms with van der Waals surface area (Å²) in [6.07, 6.45) is 4.66. The maximum atomic E-state index is 11.7. The molecule has 1 N–H and O–H groups in total. The number of benzene rings is 1. The van der Waals surface area contributed by atoms with Crippen molar-refractivity contribution in [2.45, 2.75) is 0 Å². The number of anilines is 1. The monoisotopic (exact) mass is 249 g/mol. The lowest BCUT2D eigenvalue weighted by Gasteiger charge is -2.03. The zero-order valence-corrected chi connectivity index (χ0v) is 10.1. The van der Waals surface area contributed by atoms with Crippen LogP contribution in [0.5, 0.6) is 0 Å². The van der Waals surface area contributed by atoms with Crippen molar-refractivity contribution in [2.75, 3.05) is 5.32 Å². The second-order valence-corrected chi connectivity index (χ2v) is 3.73. The van der Waals surface area contributed by atoms with E-state index in [4.69, 9.17) is 5.26 Å². The molecular formula is C15H11N3O. The van der Waals surface area contributed by atoms with Crippen LogP contribution in [0.2, 0.25) is 0 Å². The van der Waals surface area contributed by atoms with Gasteiger partial charge in [0.2, 0.25) is 5.91 Å². The molecule has 0 aliphatic carbocycles. The van der Waals surface area contributed by atoms with E-state index in [-0.39, 0.29) is 5.91 Å². The Morgan fingerprint density at radius 3 is 2.74 bits per heavy atom. The zero-order valence-electron chi connectivity index (χ0n) is 10.1. The predicted molar refractivity (Wildman–Crippen MR) is 73.1 cm³/mol. The number of nitriles is 1. The Morgan fingerprint density at radius 1 is 1.21 bits per heavy atom. The van der Waals surface area contributed by atoms with E-state index in [1.54, 1.807) is 48.7 Å². The van der Waals surface area contributed by atoms with Crippen molar-refractivity contribution < 1.29 is 4.79 Å². The lowest BCUT2D eigenvalue weighted by Crippen LogP contribution is -2.08. The summed E-state index contributed by atoms with van der Waals surface area (Å²) in [6, 6.07) is 14.3. The number of nitrogens with one attached hydrogen (secondary N) is 1. The number of amides is 1. The lowest BCUT2D eigenvalue weighted by atomic mass is 10.2. The molecule has 1 amide bonds. The van der Waals surface area contributed by atoms with Crippen LogP contribution < -0.4 is 5.32 Å². The first-order chi connectivity index (χ1) is 9.29. The van der Waals surface area contributed by atoms with Gasteiger partial charge < -0.3 is 5.32 Å². The smallest absolute Gasteiger partial charge is 0.248 e. The van der Waals surface area contributed by atoms with Crippen LogP contribution in [0.15, 0.2) is 54.7 Å². The molecule has 0 bridgehead atoms. The lowest BCUT2D eigenvalue weighted by molar-refractivity contribution is -0.111. The molecule has 0 spiro atoms. The van der Waals surface area contributed by atoms with Gasteiger partial charge in [-0.3, -0.25) is 9.78 Å². The number of pyridine rings is 1. The number of hydrogen-bond acceptors (Lipinski definition) is 3. The summed E-state index contributed by atoms with van der Waals surface area (Å²) in [5.41, 5.74) is 1.63. The first-order valence-corrected chi connectivity index (χ1v) is 5.69. The molecule has 0 atom stereocenters. The third-order valence-electron chi connectivity index (χ3n) is 2.40. The van der Waals surface area contributed by atoms with Crippen molar-refractivity contribution in [1.82, 2.24) is 4.98 Å². The fraction of sp³-hybridized carbons (Fsp3) is 0. The van der Waals surface area contributed by atoms with Crippen LogP contribution in [0.25, 0.3) is 6.08 Å². The molecule has 19 heavy (non-hydrogen) atoms. The predicted octanol–water partition coefficient (Wildman–Crippen LogP) is 2.61. The Labute approximate surface area is 111 Å². The van der Waals surface area contributed by atoms with Gasteiger partial charge in [-0.15, -0.1) is 0 Å². The molecule has 2 rings (SSSR count). The van der Waals surface area contributed by atoms with E-state index in [2.05, 4.69) is 10.3 Å². The summed E-state index contributed by atoms with van der Waals surface area (Å²) in [7, 11) is 0. The highest BCUT2D eigenvalue weighted by Gasteiger charge is 2.02. The average Bonchev–Trinajstić information content (AvgIpc) is 2.47. The second kappa shape index (κ2) is 6.12. The van der Waals surface area contributed by atoms with E-state index in [9.17, 15) is 4.79 Å². The first-order valence-electron chi connectivity index (χ1n) is 5.69. The maximum Gasteiger partial charge on any atom is 0.248 e. The molecular weight excluding hydrogens is 238 g/mol. The van der Waals surface area contributed by atoms with Gasteiger partial charge >= 0.3 is 0 Å². The number of para-hydroxylation sites is 1. The largest absolute Gasteiger partial charge is 0.321 e. The van der Waals surface area contributed by atoms with Gasteiger partial charge in [-0.25, -0.2) is 0 Å². The standard InChI is InChI=1S/C15H11N3O/c16-11-12-5-1-2-7-14(12)18-15(19)9-8-13-6-3-4-10-17-13/h1-10H,(H,18,19)/b9-8-. The van der Waals surface area contributed by atoms with Crippen LogP contribution in [0.4, 0.5) is 5.69 Å². The molecule has 0 saturated carbocycles. The number of carbonyl (C=O) groups is 1. The molecule has 1 heterocycles. The van der Waals surface area contributed by atoms with E-state index in [0.29, 0.717) is 16.9 Å². The molecule has 1 aromatic carbocycles. The van der Waals surface area contributed by atoms with Crippen molar-refractivity contribution in [3.05, 3.63) is 66.0 Å². The van der Waals surface area contributed by atoms with Gasteiger partial charge in [-0.2, -0.15) is 5.26 Å². The van der Waals surface area contributed by atoms with Gasteiger partial charge in [-0.05, 0) is 30.3 Å². The average molecular weight is 249 g/mol. The van der Waals surface area contributed by atoms with E-state index < -0.39 is 0 Å². The van der Waals surface area contributed by atoms with Gasteiger partial charge in [0.05, 0.1) is 16.9 Å². The summed E-state index contributed by atoms with van der Waals surface area (Å²) >= 11 is 0. The quantitative estimate of drug-likeness (QED) is 0.850. The van der Waals surface area contributed by atoms with Crippen LogP contribution in [0.1, 0.15) is 11.3 Å². The molecule has 0 aliphatic heterocycles. The minimum absolute atomic E-state index is 0.298. The zero-order chi connectivity index (χ0) is 13.5. The van der Waals surface area contributed by atoms with E-state index in [0.717, 1.165) is 0 Å². The highest BCUT2D eigenvalue weighted by molar-refractivity contribution is 6.02. The van der Waals surface area contributed by atoms with Crippen molar-refractivity contribution in [1.29, 1.82) is 5.26 Å². The Bertz CT molecular complexity index is 642. The molecule has 0 aliphatic rings. The third-order valence-corrected chi connectivity index (χ3v) is 2.40. The van der Waals surface area contributed by atoms with Crippen molar-refractivity contribution >= 4 is 17.7 Å². The molecule has 2 aromatic rings. The fourth-order valence-corrected chi connectivity index (χ4v) is 1.50. The summed E-state index contributed by atoms with van der Waals surface area (Å²) in [5.74, 6) is -0.298. The number of aromatic nitrogens is 1. The minimum Gasteiger partial charge on any atom is -0.321 e. The molecule has 0 saturated heterocycles. The van der Waals surface area contributed by atoms with Gasteiger partial charge in [0.1, 0.15) is 6.07 Å². The molecule has 0 fully saturated rings. The Morgan fingerprint density at radius 2 is 2.00 bits per heavy atom. The van der Waals surface area contributed by atoms with Crippen molar-refractivity contribution in [3.8, 4) is 6.07 Å². The number of carbonyl (C=O) groups excluding carboxylic acids is 1. The Kier molecular flexibility index (Phi) is 4.04. The third kappa shape index (κ3) is 3.51. The second-order valence-electron chi connectivity index (χ2n) is 3.73. The number of rotatable bonds is 3. The van der Waals surface area contributed by atoms with Gasteiger partial charge in [0, 0.05) is 12.3 Å². The highest BCUT2D eigenvalue weighted by atomic mass is 16.1. The highest BCUT2D eigenvalue weighted by Crippen LogP contribution is 2.13. The maximum absolute atomic E-state index is 11.7. The first kappa shape index (κ1) is 12.5. The topological polar surface area (TPSA) is 65.8 Å². The van der Waals surface area contributed by atoms with Crippen LogP contribution in [0, 0.1) is 11.3 Å². The summed E-state index contributed by atoms with van der Waals surface area (Å²) < 4.78 is 0. The van der Waals surface area contributed by atoms with Crippen LogP contribution in [0.3, 0.4) is 0 Å². The summed E-state index contributed by atoms with van der Waals surface area (Å²) in [4.78, 5) is 15.8. The SMILES string of the molecule is N#Cc1ccccc1NC(=O)/C=C\c1ccccn1. The van der Waals surface area contributed by atoms with Gasteiger partial charge in [0.15, 0.2) is 0 Å². The number of hydrogen-bond donors (Lipinski definition) is 1. The van der Waals surface area contributed by atoms with Gasteiger partial charge in [0.25, 0.3) is 0 Å². The Hall–Kier alpha value is -2.93. The summed E-state index contributed by atoms with van der Waals surface area (Å²) in [6.45, 7) is 0.